The summed E-state index contributed by atoms with van der Waals surface area (Å²) < 4.78 is 99.4. The minimum atomic E-state index is -0.706. The van der Waals surface area contributed by atoms with E-state index in [0.29, 0.717) is 57.7 Å². The summed E-state index contributed by atoms with van der Waals surface area (Å²) in [6, 6.07) is 87.9. The average Bonchev–Trinajstić information content (AvgIpc) is 1.70. The van der Waals surface area contributed by atoms with E-state index in [4.69, 9.17) is 71.1 Å². The lowest BCUT2D eigenvalue weighted by Gasteiger charge is -2.28. The molecule has 0 N–H and O–H groups in total. The van der Waals surface area contributed by atoms with Crippen LogP contribution in [0.2, 0.25) is 0 Å². The van der Waals surface area contributed by atoms with Crippen molar-refractivity contribution in [3.8, 4) is 9.75 Å². The first-order chi connectivity index (χ1) is 52.4. The molecule has 0 fully saturated rings. The van der Waals surface area contributed by atoms with Gasteiger partial charge in [-0.15, -0.1) is 22.7 Å². The van der Waals surface area contributed by atoms with E-state index in [-0.39, 0.29) is 99.1 Å². The molecule has 16 nitrogen and oxygen atoms in total. The Hall–Kier alpha value is -7.45. The van der Waals surface area contributed by atoms with Crippen LogP contribution < -0.4 is 0 Å². The number of ether oxygens (including phenoxy) is 15. The first-order valence-corrected chi connectivity index (χ1v) is 38.5. The van der Waals surface area contributed by atoms with Gasteiger partial charge in [-0.3, -0.25) is 0 Å². The molecule has 19 heteroatoms. The molecule has 10 aromatic rings. The highest BCUT2D eigenvalue weighted by molar-refractivity contribution is 9.11. The predicted octanol–water partition coefficient (Wildman–Crippen LogP) is 17.1. The fourth-order valence-corrected chi connectivity index (χ4v) is 13.3. The fourth-order valence-electron chi connectivity index (χ4n) is 10.9. The van der Waals surface area contributed by atoms with Crippen LogP contribution in [-0.2, 0) is 124 Å². The number of esters is 1. The van der Waals surface area contributed by atoms with Gasteiger partial charge in [0.05, 0.1) is 156 Å². The van der Waals surface area contributed by atoms with Crippen LogP contribution in [0.3, 0.4) is 0 Å². The molecule has 0 amide bonds. The molecular weight excluding hydrogens is 1440 g/mol. The van der Waals surface area contributed by atoms with Crippen LogP contribution in [0, 0.1) is 5.92 Å². The highest BCUT2D eigenvalue weighted by Gasteiger charge is 2.26. The maximum Gasteiger partial charge on any atom is 0.348 e. The van der Waals surface area contributed by atoms with Crippen LogP contribution in [0.5, 0.6) is 0 Å². The van der Waals surface area contributed by atoms with Crippen LogP contribution in [0.15, 0.2) is 271 Å². The molecule has 0 aliphatic carbocycles. The second kappa shape index (κ2) is 48.8. The molecule has 0 saturated heterocycles. The minimum Gasteiger partial charge on any atom is -0.461 e. The van der Waals surface area contributed by atoms with Gasteiger partial charge in [-0.25, -0.2) is 4.79 Å². The molecule has 0 unspecified atom stereocenters. The lowest BCUT2D eigenvalue weighted by Crippen LogP contribution is -2.38. The molecule has 2 heterocycles. The molecule has 0 bridgehead atoms. The zero-order chi connectivity index (χ0) is 72.9. The van der Waals surface area contributed by atoms with Gasteiger partial charge in [0.25, 0.3) is 0 Å². The van der Waals surface area contributed by atoms with E-state index < -0.39 is 48.5 Å². The van der Waals surface area contributed by atoms with Crippen molar-refractivity contribution in [3.63, 3.8) is 0 Å². The Morgan fingerprint density at radius 2 is 0.462 bits per heavy atom. The zero-order valence-electron chi connectivity index (χ0n) is 59.9. The third-order valence-electron chi connectivity index (χ3n) is 16.6. The monoisotopic (exact) mass is 1540 g/mol. The van der Waals surface area contributed by atoms with Crippen molar-refractivity contribution >= 4 is 44.6 Å². The standard InChI is InChI=1S/C87H97BrO16S2/c88-86-44-43-84(106-86)83-41-42-85(105-83)87(89)104-55-76(53-98-81(64-100-77(56-90-45-68-25-9-1-10-26-68)57-91-46-69-27-11-2-12-28-69)65-101-78(58-92-47-70-29-13-3-14-30-70)59-93-48-71-31-15-4-16-32-71)54-99-82(66-102-79(60-94-49-72-33-17-5-18-34-72)61-95-50-73-35-19-6-20-36-73)67-103-80(62-96-51-74-37-21-7-22-38-74)63-97-52-75-39-23-8-24-40-75/h1-44,76-82H,45-67H2. The van der Waals surface area contributed by atoms with Crippen LogP contribution >= 0.6 is 38.6 Å². The Bertz CT molecular complexity index is 3280. The van der Waals surface area contributed by atoms with Gasteiger partial charge in [0.1, 0.15) is 41.5 Å². The molecule has 0 spiro atoms. The lowest BCUT2D eigenvalue weighted by molar-refractivity contribution is -0.150. The van der Waals surface area contributed by atoms with E-state index in [0.717, 1.165) is 58.0 Å². The van der Waals surface area contributed by atoms with Gasteiger partial charge in [-0.1, -0.05) is 243 Å². The Morgan fingerprint density at radius 1 is 0.245 bits per heavy atom. The normalized spacial score (nSPS) is 11.8. The van der Waals surface area contributed by atoms with E-state index in [9.17, 15) is 4.79 Å². The molecule has 106 heavy (non-hydrogen) atoms. The average molecular weight is 1540 g/mol. The van der Waals surface area contributed by atoms with E-state index in [1.54, 1.807) is 17.4 Å². The number of halogens is 1. The van der Waals surface area contributed by atoms with E-state index >= 15 is 0 Å². The number of carbonyl (C=O) groups excluding carboxylic acids is 1. The number of hydrogen-bond acceptors (Lipinski definition) is 18. The number of thiophene rings is 2. The predicted molar refractivity (Wildman–Crippen MR) is 416 cm³/mol. The van der Waals surface area contributed by atoms with Crippen LogP contribution in [-0.4, -0.2) is 142 Å². The maximum absolute atomic E-state index is 14.3. The summed E-state index contributed by atoms with van der Waals surface area (Å²) in [5.74, 6) is -1.05. The second-order valence-corrected chi connectivity index (χ2v) is 29.0. The fraction of sp³-hybridized carbons (Fsp3) is 0.345. The van der Waals surface area contributed by atoms with Crippen molar-refractivity contribution in [1.29, 1.82) is 0 Å². The molecule has 560 valence electrons. The Morgan fingerprint density at radius 3 is 0.698 bits per heavy atom. The number of benzene rings is 8. The Labute approximate surface area is 640 Å². The van der Waals surface area contributed by atoms with E-state index in [1.807, 2.05) is 261 Å². The summed E-state index contributed by atoms with van der Waals surface area (Å²) in [6.07, 6.45) is -3.48. The highest BCUT2D eigenvalue weighted by atomic mass is 79.9. The highest BCUT2D eigenvalue weighted by Crippen LogP contribution is 2.36. The number of hydrogen-bond donors (Lipinski definition) is 0. The number of rotatable bonds is 54. The van der Waals surface area contributed by atoms with Crippen molar-refractivity contribution in [2.24, 2.45) is 5.92 Å². The van der Waals surface area contributed by atoms with Gasteiger partial charge in [0.2, 0.25) is 0 Å². The Balaban J connectivity index is 0.911. The maximum atomic E-state index is 14.3. The third kappa shape index (κ3) is 32.2. The third-order valence-corrected chi connectivity index (χ3v) is 19.5. The molecule has 8 aromatic carbocycles. The molecule has 0 radical (unpaired) electrons. The Kier molecular flexibility index (Phi) is 37.3. The van der Waals surface area contributed by atoms with Crippen molar-refractivity contribution < 1.29 is 75.8 Å². The molecular formula is C87H97BrO16S2. The number of carbonyl (C=O) groups is 1. The van der Waals surface area contributed by atoms with Crippen molar-refractivity contribution in [3.05, 3.63) is 320 Å². The van der Waals surface area contributed by atoms with Crippen LogP contribution in [0.1, 0.15) is 54.2 Å². The largest absolute Gasteiger partial charge is 0.461 e. The summed E-state index contributed by atoms with van der Waals surface area (Å²) in [5.41, 5.74) is 8.23. The summed E-state index contributed by atoms with van der Waals surface area (Å²) >= 11 is 6.56. The second-order valence-electron chi connectivity index (χ2n) is 25.5. The summed E-state index contributed by atoms with van der Waals surface area (Å²) in [5, 5.41) is 0. The van der Waals surface area contributed by atoms with Crippen molar-refractivity contribution in [2.45, 2.75) is 89.5 Å². The van der Waals surface area contributed by atoms with E-state index in [1.165, 1.54) is 11.3 Å². The first kappa shape index (κ1) is 81.1. The molecule has 0 aliphatic heterocycles. The summed E-state index contributed by atoms with van der Waals surface area (Å²) in [7, 11) is 0. The van der Waals surface area contributed by atoms with E-state index in [2.05, 4.69) is 15.9 Å². The molecule has 10 rings (SSSR count). The molecule has 0 aliphatic rings. The van der Waals surface area contributed by atoms with Gasteiger partial charge in [0.15, 0.2) is 0 Å². The van der Waals surface area contributed by atoms with Gasteiger partial charge in [-0.2, -0.15) is 0 Å². The quantitative estimate of drug-likeness (QED) is 0.0332. The van der Waals surface area contributed by atoms with Crippen molar-refractivity contribution in [1.82, 2.24) is 0 Å². The van der Waals surface area contributed by atoms with Gasteiger partial charge in [-0.05, 0) is 84.7 Å². The molecule has 2 aromatic heterocycles. The van der Waals surface area contributed by atoms with Crippen LogP contribution in [0.4, 0.5) is 0 Å². The lowest BCUT2D eigenvalue weighted by atomic mass is 10.2. The van der Waals surface area contributed by atoms with Gasteiger partial charge >= 0.3 is 5.97 Å². The minimum absolute atomic E-state index is 0.0317. The van der Waals surface area contributed by atoms with Crippen molar-refractivity contribution in [2.75, 3.05) is 99.1 Å². The molecule has 0 saturated carbocycles. The molecule has 0 atom stereocenters. The topological polar surface area (TPSA) is 156 Å². The smallest absolute Gasteiger partial charge is 0.348 e. The summed E-state index contributed by atoms with van der Waals surface area (Å²) in [4.78, 5) is 16.8. The summed E-state index contributed by atoms with van der Waals surface area (Å²) in [6.45, 7) is 5.05. The zero-order valence-corrected chi connectivity index (χ0v) is 63.2. The van der Waals surface area contributed by atoms with Gasteiger partial charge < -0.3 is 71.1 Å². The van der Waals surface area contributed by atoms with Crippen LogP contribution in [0.25, 0.3) is 9.75 Å². The SMILES string of the molecule is O=C(OCC(COC(COC(COCc1ccccc1)COCc1ccccc1)COC(COCc1ccccc1)COCc1ccccc1)COC(COC(COCc1ccccc1)COCc1ccccc1)COC(COCc1ccccc1)COCc1ccccc1)c1ccc(-c2ccc(Br)s2)s1. The first-order valence-electron chi connectivity index (χ1n) is 36.0. The van der Waals surface area contributed by atoms with Gasteiger partial charge in [0, 0.05) is 15.7 Å².